The molecule has 3 aromatic carbocycles. The predicted molar refractivity (Wildman–Crippen MR) is 163 cm³/mol. The summed E-state index contributed by atoms with van der Waals surface area (Å²) in [5.74, 6) is 0. The highest BCUT2D eigenvalue weighted by Crippen LogP contribution is 2.41. The zero-order chi connectivity index (χ0) is 29.0. The van der Waals surface area contributed by atoms with Crippen molar-refractivity contribution in [2.45, 2.75) is 52.7 Å². The van der Waals surface area contributed by atoms with Crippen molar-refractivity contribution >= 4 is 61.9 Å². The number of ether oxygens (including phenoxy) is 2. The number of hydrogen-bond acceptors (Lipinski definition) is 5. The Morgan fingerprint density at radius 1 is 0.750 bits per heavy atom. The molecule has 0 spiro atoms. The summed E-state index contributed by atoms with van der Waals surface area (Å²) < 4.78 is 15.1. The van der Waals surface area contributed by atoms with Gasteiger partial charge in [-0.15, -0.1) is 0 Å². The molecular weight excluding hydrogens is 502 g/mol. The van der Waals surface area contributed by atoms with Crippen LogP contribution in [-0.2, 0) is 9.47 Å². The molecule has 5 aromatic rings. The largest absolute Gasteiger partial charge is 0.443 e. The molecule has 5 rings (SSSR count). The van der Waals surface area contributed by atoms with Gasteiger partial charge in [0, 0.05) is 33.7 Å². The molecule has 208 valence electrons. The van der Waals surface area contributed by atoms with E-state index >= 15 is 0 Å². The third-order valence-corrected chi connectivity index (χ3v) is 6.54. The summed E-state index contributed by atoms with van der Waals surface area (Å²) in [4.78, 5) is 29.5. The Hall–Kier alpha value is -4.10. The highest BCUT2D eigenvalue weighted by molar-refractivity contribution is 6.25. The third-order valence-electron chi connectivity index (χ3n) is 6.54. The number of nitrogens with zero attached hydrogens (tertiary/aromatic N) is 3. The van der Waals surface area contributed by atoms with Crippen LogP contribution >= 0.6 is 0 Å². The molecule has 0 N–H and O–H groups in total. The topological polar surface area (TPSA) is 65.7 Å². The molecule has 2 aromatic heterocycles. The van der Waals surface area contributed by atoms with Gasteiger partial charge in [0.1, 0.15) is 11.2 Å². The molecule has 0 atom stereocenters. The van der Waals surface area contributed by atoms with Crippen molar-refractivity contribution in [3.05, 3.63) is 66.2 Å². The number of carbonyl (C=O) groups excluding carboxylic acids is 2. The van der Waals surface area contributed by atoms with Crippen LogP contribution in [0.15, 0.2) is 60.7 Å². The van der Waals surface area contributed by atoms with Gasteiger partial charge in [-0.05, 0) is 73.8 Å². The van der Waals surface area contributed by atoms with Gasteiger partial charge in [0.05, 0.1) is 22.1 Å². The number of carbonyl (C=O) groups is 2. The Kier molecular flexibility index (Phi) is 6.74. The summed E-state index contributed by atoms with van der Waals surface area (Å²) in [7, 11) is 4.01. The standard InChI is InChI=1S/C33H37N3O4/c1-32(2,3)39-30(37)35-26-18-12-10-15-22(26)28-23(16-13-19-34(7)8)29-24(20-27(28)35)21-14-9-11-17-25(21)36(29)31(38)40-33(4,5)6/h9-18,20H,19H2,1-8H3/b16-13-. The number of para-hydroxylation sites is 2. The van der Waals surface area contributed by atoms with E-state index in [9.17, 15) is 9.59 Å². The summed E-state index contributed by atoms with van der Waals surface area (Å²) in [5, 5.41) is 3.52. The van der Waals surface area contributed by atoms with Crippen LogP contribution in [0.4, 0.5) is 9.59 Å². The van der Waals surface area contributed by atoms with E-state index in [0.29, 0.717) is 6.54 Å². The van der Waals surface area contributed by atoms with E-state index < -0.39 is 23.4 Å². The molecule has 0 saturated carbocycles. The fourth-order valence-corrected chi connectivity index (χ4v) is 5.16. The quantitative estimate of drug-likeness (QED) is 0.232. The van der Waals surface area contributed by atoms with Crippen molar-refractivity contribution in [3.63, 3.8) is 0 Å². The van der Waals surface area contributed by atoms with Crippen molar-refractivity contribution in [3.8, 4) is 0 Å². The Bertz CT molecular complexity index is 1800. The number of hydrogen-bond donors (Lipinski definition) is 0. The van der Waals surface area contributed by atoms with Gasteiger partial charge in [-0.25, -0.2) is 18.7 Å². The molecule has 40 heavy (non-hydrogen) atoms. The Morgan fingerprint density at radius 3 is 1.85 bits per heavy atom. The highest BCUT2D eigenvalue weighted by Gasteiger charge is 2.28. The second-order valence-corrected chi connectivity index (χ2v) is 12.4. The van der Waals surface area contributed by atoms with Crippen LogP contribution in [0.5, 0.6) is 0 Å². The predicted octanol–water partition coefficient (Wildman–Crippen LogP) is 8.04. The first-order valence-electron chi connectivity index (χ1n) is 13.5. The lowest BCUT2D eigenvalue weighted by atomic mass is 10.0. The van der Waals surface area contributed by atoms with Crippen molar-refractivity contribution in [2.75, 3.05) is 20.6 Å². The van der Waals surface area contributed by atoms with Gasteiger partial charge in [-0.2, -0.15) is 0 Å². The molecule has 0 fully saturated rings. The van der Waals surface area contributed by atoms with E-state index in [1.54, 1.807) is 9.13 Å². The first-order valence-corrected chi connectivity index (χ1v) is 13.5. The second-order valence-electron chi connectivity index (χ2n) is 12.4. The summed E-state index contributed by atoms with van der Waals surface area (Å²) >= 11 is 0. The smallest absolute Gasteiger partial charge is 0.419 e. The lowest BCUT2D eigenvalue weighted by Crippen LogP contribution is -2.27. The molecule has 0 unspecified atom stereocenters. The first kappa shape index (κ1) is 27.5. The average molecular weight is 540 g/mol. The minimum absolute atomic E-state index is 0.447. The fourth-order valence-electron chi connectivity index (χ4n) is 5.16. The molecule has 2 heterocycles. The minimum atomic E-state index is -0.674. The molecule has 0 aliphatic carbocycles. The maximum Gasteiger partial charge on any atom is 0.419 e. The number of aromatic nitrogens is 2. The number of rotatable bonds is 3. The van der Waals surface area contributed by atoms with Gasteiger partial charge >= 0.3 is 12.2 Å². The Balaban J connectivity index is 1.98. The Labute approximate surface area is 234 Å². The minimum Gasteiger partial charge on any atom is -0.443 e. The van der Waals surface area contributed by atoms with Gasteiger partial charge in [0.25, 0.3) is 0 Å². The van der Waals surface area contributed by atoms with Crippen molar-refractivity contribution < 1.29 is 19.1 Å². The summed E-state index contributed by atoms with van der Waals surface area (Å²) in [5.41, 5.74) is 2.45. The molecule has 0 radical (unpaired) electrons. The van der Waals surface area contributed by atoms with Gasteiger partial charge in [0.15, 0.2) is 0 Å². The van der Waals surface area contributed by atoms with Crippen molar-refractivity contribution in [1.29, 1.82) is 0 Å². The lowest BCUT2D eigenvalue weighted by molar-refractivity contribution is 0.0539. The van der Waals surface area contributed by atoms with Crippen LogP contribution in [0.2, 0.25) is 0 Å². The maximum atomic E-state index is 13.8. The van der Waals surface area contributed by atoms with Crippen LogP contribution in [0, 0.1) is 0 Å². The molecule has 7 nitrogen and oxygen atoms in total. The maximum absolute atomic E-state index is 13.8. The first-order chi connectivity index (χ1) is 18.8. The molecule has 0 saturated heterocycles. The number of fused-ring (bicyclic) bond motifs is 6. The normalized spacial score (nSPS) is 12.9. The Morgan fingerprint density at radius 2 is 1.27 bits per heavy atom. The average Bonchev–Trinajstić information content (AvgIpc) is 3.34. The van der Waals surface area contributed by atoms with Crippen LogP contribution in [0.1, 0.15) is 47.1 Å². The van der Waals surface area contributed by atoms with Gasteiger partial charge in [-0.3, -0.25) is 0 Å². The lowest BCUT2D eigenvalue weighted by Gasteiger charge is -2.21. The molecule has 0 aliphatic rings. The van der Waals surface area contributed by atoms with Crippen LogP contribution in [0.3, 0.4) is 0 Å². The number of likely N-dealkylation sites (N-methyl/N-ethyl adjacent to an activating group) is 1. The van der Waals surface area contributed by atoms with Gasteiger partial charge < -0.3 is 14.4 Å². The molecular formula is C33H37N3O4. The molecule has 7 heteroatoms. The zero-order valence-corrected chi connectivity index (χ0v) is 24.5. The molecule has 0 amide bonds. The summed E-state index contributed by atoms with van der Waals surface area (Å²) in [6, 6.07) is 17.6. The van der Waals surface area contributed by atoms with E-state index in [-0.39, 0.29) is 0 Å². The van der Waals surface area contributed by atoms with Crippen molar-refractivity contribution in [2.24, 2.45) is 0 Å². The van der Waals surface area contributed by atoms with E-state index in [2.05, 4.69) is 17.1 Å². The van der Waals surface area contributed by atoms with Gasteiger partial charge in [0.2, 0.25) is 0 Å². The van der Waals surface area contributed by atoms with Crippen LogP contribution in [0.25, 0.3) is 49.7 Å². The number of benzene rings is 3. The molecule has 0 aliphatic heterocycles. The molecule has 0 bridgehead atoms. The van der Waals surface area contributed by atoms with E-state index in [1.165, 1.54) is 0 Å². The van der Waals surface area contributed by atoms with E-state index in [4.69, 9.17) is 9.47 Å². The summed E-state index contributed by atoms with van der Waals surface area (Å²) in [6.07, 6.45) is 3.23. The SMILES string of the molecule is CN(C)C/C=C\c1c2c3ccccc3n(C(=O)OC(C)(C)C)c2cc2c3ccccc3n(C(=O)OC(C)(C)C)c12. The van der Waals surface area contributed by atoms with Crippen LogP contribution < -0.4 is 0 Å². The third kappa shape index (κ3) is 4.97. The van der Waals surface area contributed by atoms with E-state index in [1.807, 2.05) is 110 Å². The fraction of sp³-hybridized carbons (Fsp3) is 0.333. The highest BCUT2D eigenvalue weighted by atomic mass is 16.6. The van der Waals surface area contributed by atoms with Crippen LogP contribution in [-0.4, -0.2) is 58.1 Å². The monoisotopic (exact) mass is 539 g/mol. The summed E-state index contributed by atoms with van der Waals surface area (Å²) in [6.45, 7) is 11.9. The zero-order valence-electron chi connectivity index (χ0n) is 24.5. The second kappa shape index (κ2) is 9.82. The van der Waals surface area contributed by atoms with E-state index in [0.717, 1.165) is 49.2 Å². The van der Waals surface area contributed by atoms with Gasteiger partial charge in [-0.1, -0.05) is 48.6 Å². The van der Waals surface area contributed by atoms with Crippen molar-refractivity contribution in [1.82, 2.24) is 14.0 Å².